The van der Waals surface area contributed by atoms with Gasteiger partial charge in [-0.2, -0.15) is 0 Å². The van der Waals surface area contributed by atoms with Gasteiger partial charge in [-0.1, -0.05) is 81.8 Å². The van der Waals surface area contributed by atoms with Crippen LogP contribution < -0.4 is 5.32 Å². The topological polar surface area (TPSA) is 72.5 Å². The van der Waals surface area contributed by atoms with Crippen molar-refractivity contribution in [3.05, 3.63) is 65.2 Å². The highest BCUT2D eigenvalue weighted by Crippen LogP contribution is 2.36. The summed E-state index contributed by atoms with van der Waals surface area (Å²) in [5.74, 6) is 0.370. The number of ether oxygens (including phenoxy) is 1. The van der Waals surface area contributed by atoms with Gasteiger partial charge in [-0.3, -0.25) is 5.32 Å². The Hall–Kier alpha value is -2.34. The fourth-order valence-electron chi connectivity index (χ4n) is 4.78. The van der Waals surface area contributed by atoms with Gasteiger partial charge in [0, 0.05) is 5.69 Å². The maximum Gasteiger partial charge on any atom is 0.411 e. The SMILES string of the molecule is CCCCCCCCC1CCCc2cc(NC(=O)OCCS(=O)(=O)Cc3ccccc3)ccc21. The summed E-state index contributed by atoms with van der Waals surface area (Å²) in [6.07, 6.45) is 12.0. The zero-order chi connectivity index (χ0) is 24.2. The average molecular weight is 486 g/mol. The lowest BCUT2D eigenvalue weighted by atomic mass is 9.80. The van der Waals surface area contributed by atoms with E-state index in [9.17, 15) is 13.2 Å². The third kappa shape index (κ3) is 8.79. The van der Waals surface area contributed by atoms with Crippen LogP contribution in [0.4, 0.5) is 10.5 Å². The second kappa shape index (κ2) is 13.5. The quantitative estimate of drug-likeness (QED) is 0.309. The maximum absolute atomic E-state index is 12.3. The normalized spacial score (nSPS) is 15.5. The van der Waals surface area contributed by atoms with Crippen LogP contribution in [0.3, 0.4) is 0 Å². The number of benzene rings is 2. The number of sulfone groups is 1. The Labute approximate surface area is 205 Å². The number of carbonyl (C=O) groups excluding carboxylic acids is 1. The highest BCUT2D eigenvalue weighted by Gasteiger charge is 2.20. The molecule has 1 atom stereocenters. The third-order valence-corrected chi connectivity index (χ3v) is 8.15. The Morgan fingerprint density at radius 1 is 1.03 bits per heavy atom. The van der Waals surface area contributed by atoms with Crippen molar-refractivity contribution in [1.29, 1.82) is 0 Å². The molecule has 2 aromatic rings. The molecule has 1 unspecified atom stereocenters. The van der Waals surface area contributed by atoms with E-state index >= 15 is 0 Å². The van der Waals surface area contributed by atoms with Crippen molar-refractivity contribution >= 4 is 21.6 Å². The second-order valence-electron chi connectivity index (χ2n) is 9.40. The van der Waals surface area contributed by atoms with Crippen molar-refractivity contribution in [3.8, 4) is 0 Å². The molecule has 0 saturated carbocycles. The predicted molar refractivity (Wildman–Crippen MR) is 139 cm³/mol. The Balaban J connectivity index is 1.43. The fourth-order valence-corrected chi connectivity index (χ4v) is 5.96. The number of unbranched alkanes of at least 4 members (excludes halogenated alkanes) is 5. The molecule has 6 heteroatoms. The van der Waals surface area contributed by atoms with Crippen LogP contribution in [0.15, 0.2) is 48.5 Å². The standard InChI is InChI=1S/C28H39NO4S/c1-2-3-4-5-6-10-14-24-15-11-16-25-21-26(17-18-27(24)25)29-28(30)33-19-20-34(31,32)22-23-12-8-7-9-13-23/h7-9,12-13,17-18,21,24H,2-6,10-11,14-16,19-20,22H2,1H3,(H,29,30). The molecule has 0 radical (unpaired) electrons. The third-order valence-electron chi connectivity index (χ3n) is 6.59. The van der Waals surface area contributed by atoms with E-state index in [4.69, 9.17) is 4.74 Å². The van der Waals surface area contributed by atoms with Crippen molar-refractivity contribution in [2.24, 2.45) is 0 Å². The fraction of sp³-hybridized carbons (Fsp3) is 0.536. The van der Waals surface area contributed by atoms with Crippen LogP contribution in [0.5, 0.6) is 0 Å². The van der Waals surface area contributed by atoms with Crippen LogP contribution >= 0.6 is 0 Å². The smallest absolute Gasteiger partial charge is 0.411 e. The Kier molecular flexibility index (Phi) is 10.4. The van der Waals surface area contributed by atoms with Crippen LogP contribution in [-0.2, 0) is 26.7 Å². The van der Waals surface area contributed by atoms with E-state index < -0.39 is 15.9 Å². The van der Waals surface area contributed by atoms with Crippen LogP contribution in [0.25, 0.3) is 0 Å². The molecule has 2 aromatic carbocycles. The van der Waals surface area contributed by atoms with E-state index in [1.165, 1.54) is 68.9 Å². The van der Waals surface area contributed by atoms with E-state index in [0.717, 1.165) is 12.0 Å². The summed E-state index contributed by atoms with van der Waals surface area (Å²) in [5.41, 5.74) is 4.17. The molecule has 0 bridgehead atoms. The van der Waals surface area contributed by atoms with E-state index in [1.54, 1.807) is 12.1 Å². The lowest BCUT2D eigenvalue weighted by Gasteiger charge is -2.26. The van der Waals surface area contributed by atoms with Crippen molar-refractivity contribution in [2.75, 3.05) is 17.7 Å². The first-order valence-corrected chi connectivity index (χ1v) is 14.6. The molecule has 1 amide bonds. The number of fused-ring (bicyclic) bond motifs is 1. The first-order valence-electron chi connectivity index (χ1n) is 12.8. The lowest BCUT2D eigenvalue weighted by Crippen LogP contribution is -2.20. The van der Waals surface area contributed by atoms with Gasteiger partial charge in [0.1, 0.15) is 6.61 Å². The number of amides is 1. The molecular weight excluding hydrogens is 446 g/mol. The molecule has 3 rings (SSSR count). The predicted octanol–water partition coefficient (Wildman–Crippen LogP) is 7.02. The monoisotopic (exact) mass is 485 g/mol. The van der Waals surface area contributed by atoms with Gasteiger partial charge < -0.3 is 4.74 Å². The van der Waals surface area contributed by atoms with Gasteiger partial charge in [-0.05, 0) is 60.4 Å². The van der Waals surface area contributed by atoms with Crippen LogP contribution in [0, 0.1) is 0 Å². The first kappa shape index (κ1) is 26.3. The summed E-state index contributed by atoms with van der Waals surface area (Å²) in [5, 5.41) is 2.76. The largest absolute Gasteiger partial charge is 0.448 e. The minimum absolute atomic E-state index is 0.0520. The van der Waals surface area contributed by atoms with Crippen molar-refractivity contribution < 1.29 is 17.9 Å². The molecule has 0 aliphatic heterocycles. The van der Waals surface area contributed by atoms with Gasteiger partial charge in [0.25, 0.3) is 0 Å². The molecular formula is C28H39NO4S. The van der Waals surface area contributed by atoms with E-state index in [1.807, 2.05) is 24.3 Å². The van der Waals surface area contributed by atoms with E-state index in [0.29, 0.717) is 11.6 Å². The first-order chi connectivity index (χ1) is 16.5. The number of hydrogen-bond donors (Lipinski definition) is 1. The molecule has 0 fully saturated rings. The molecule has 0 heterocycles. The Morgan fingerprint density at radius 3 is 2.59 bits per heavy atom. The molecule has 1 aliphatic rings. The van der Waals surface area contributed by atoms with Crippen molar-refractivity contribution in [3.63, 3.8) is 0 Å². The van der Waals surface area contributed by atoms with E-state index in [2.05, 4.69) is 24.4 Å². The summed E-state index contributed by atoms with van der Waals surface area (Å²) in [6, 6.07) is 15.2. The second-order valence-corrected chi connectivity index (χ2v) is 11.6. The number of hydrogen-bond acceptors (Lipinski definition) is 4. The van der Waals surface area contributed by atoms with Crippen molar-refractivity contribution in [2.45, 2.75) is 82.8 Å². The molecule has 1 aliphatic carbocycles. The van der Waals surface area contributed by atoms with Gasteiger partial charge >= 0.3 is 6.09 Å². The minimum Gasteiger partial charge on any atom is -0.448 e. The maximum atomic E-state index is 12.3. The molecule has 34 heavy (non-hydrogen) atoms. The van der Waals surface area contributed by atoms with Gasteiger partial charge in [0.05, 0.1) is 11.5 Å². The highest BCUT2D eigenvalue weighted by molar-refractivity contribution is 7.90. The van der Waals surface area contributed by atoms with Crippen LogP contribution in [0.1, 0.15) is 87.3 Å². The van der Waals surface area contributed by atoms with Gasteiger partial charge in [-0.15, -0.1) is 0 Å². The zero-order valence-electron chi connectivity index (χ0n) is 20.4. The number of carbonyl (C=O) groups is 1. The molecule has 186 valence electrons. The number of aryl methyl sites for hydroxylation is 1. The van der Waals surface area contributed by atoms with Crippen LogP contribution in [-0.4, -0.2) is 26.9 Å². The Bertz CT molecular complexity index is 1000. The number of anilines is 1. The summed E-state index contributed by atoms with van der Waals surface area (Å²) < 4.78 is 29.7. The highest BCUT2D eigenvalue weighted by atomic mass is 32.2. The summed E-state index contributed by atoms with van der Waals surface area (Å²) in [4.78, 5) is 12.2. The molecule has 0 saturated heterocycles. The Morgan fingerprint density at radius 2 is 1.79 bits per heavy atom. The molecule has 0 spiro atoms. The average Bonchev–Trinajstić information content (AvgIpc) is 2.81. The lowest BCUT2D eigenvalue weighted by molar-refractivity contribution is 0.168. The van der Waals surface area contributed by atoms with E-state index in [-0.39, 0.29) is 18.1 Å². The summed E-state index contributed by atoms with van der Waals surface area (Å²) in [6.45, 7) is 2.09. The molecule has 1 N–H and O–H groups in total. The minimum atomic E-state index is -3.34. The molecule has 5 nitrogen and oxygen atoms in total. The van der Waals surface area contributed by atoms with Gasteiger partial charge in [-0.25, -0.2) is 13.2 Å². The van der Waals surface area contributed by atoms with Crippen molar-refractivity contribution in [1.82, 2.24) is 0 Å². The zero-order valence-corrected chi connectivity index (χ0v) is 21.2. The summed E-state index contributed by atoms with van der Waals surface area (Å²) >= 11 is 0. The van der Waals surface area contributed by atoms with Gasteiger partial charge in [0.2, 0.25) is 0 Å². The summed E-state index contributed by atoms with van der Waals surface area (Å²) in [7, 11) is -3.34. The molecule has 0 aromatic heterocycles. The van der Waals surface area contributed by atoms with Crippen LogP contribution in [0.2, 0.25) is 0 Å². The number of rotatable bonds is 13. The van der Waals surface area contributed by atoms with Gasteiger partial charge in [0.15, 0.2) is 9.84 Å². The number of nitrogens with one attached hydrogen (secondary N) is 1.